The van der Waals surface area contributed by atoms with Crippen LogP contribution < -0.4 is 4.72 Å². The fourth-order valence-corrected chi connectivity index (χ4v) is 2.89. The van der Waals surface area contributed by atoms with Crippen LogP contribution in [0.3, 0.4) is 0 Å². The molecule has 1 aromatic carbocycles. The molecule has 0 aromatic heterocycles. The maximum absolute atomic E-state index is 11.7. The molecular weight excluding hydrogens is 270 g/mol. The number of unbranched alkanes of at least 4 members (excludes halogenated alkanes) is 2. The van der Waals surface area contributed by atoms with Gasteiger partial charge in [0.2, 0.25) is 10.0 Å². The molecule has 0 atom stereocenters. The molecule has 18 heavy (non-hydrogen) atoms. The summed E-state index contributed by atoms with van der Waals surface area (Å²) in [6, 6.07) is 9.64. The van der Waals surface area contributed by atoms with Crippen LogP contribution in [0.15, 0.2) is 30.3 Å². The second-order valence-corrected chi connectivity index (χ2v) is 6.50. The highest BCUT2D eigenvalue weighted by Crippen LogP contribution is 2.02. The number of hydrogen-bond acceptors (Lipinski definition) is 2. The summed E-state index contributed by atoms with van der Waals surface area (Å²) in [5, 5.41) is 0. The molecule has 0 unspecified atom stereocenters. The number of hydrogen-bond donors (Lipinski definition) is 1. The van der Waals surface area contributed by atoms with Crippen molar-refractivity contribution in [3.05, 3.63) is 35.9 Å². The molecule has 0 bridgehead atoms. The van der Waals surface area contributed by atoms with Gasteiger partial charge in [0.1, 0.15) is 0 Å². The average Bonchev–Trinajstić information content (AvgIpc) is 2.38. The summed E-state index contributed by atoms with van der Waals surface area (Å²) in [4.78, 5) is 0. The Morgan fingerprint density at radius 2 is 1.78 bits per heavy atom. The minimum Gasteiger partial charge on any atom is -0.215 e. The van der Waals surface area contributed by atoms with E-state index >= 15 is 0 Å². The Morgan fingerprint density at radius 1 is 1.06 bits per heavy atom. The molecule has 5 heteroatoms. The molecule has 1 rings (SSSR count). The maximum atomic E-state index is 11.7. The van der Waals surface area contributed by atoms with Gasteiger partial charge < -0.3 is 0 Å². The van der Waals surface area contributed by atoms with Crippen molar-refractivity contribution in [1.29, 1.82) is 0 Å². The molecule has 102 valence electrons. The van der Waals surface area contributed by atoms with E-state index in [9.17, 15) is 8.42 Å². The molecule has 0 amide bonds. The van der Waals surface area contributed by atoms with Crippen LogP contribution in [0.5, 0.6) is 0 Å². The van der Waals surface area contributed by atoms with Crippen molar-refractivity contribution in [3.63, 3.8) is 0 Å². The predicted octanol–water partition coefficient (Wildman–Crippen LogP) is 2.56. The van der Waals surface area contributed by atoms with Crippen LogP contribution >= 0.6 is 11.6 Å². The topological polar surface area (TPSA) is 46.2 Å². The van der Waals surface area contributed by atoms with Crippen LogP contribution in [0, 0.1) is 0 Å². The van der Waals surface area contributed by atoms with Gasteiger partial charge in [-0.15, -0.1) is 11.6 Å². The average molecular weight is 290 g/mol. The van der Waals surface area contributed by atoms with E-state index in [-0.39, 0.29) is 5.75 Å². The summed E-state index contributed by atoms with van der Waals surface area (Å²) in [5.41, 5.74) is 1.05. The molecule has 0 spiro atoms. The highest BCUT2D eigenvalue weighted by atomic mass is 35.5. The first kappa shape index (κ1) is 15.5. The molecule has 0 aliphatic rings. The first-order valence-electron chi connectivity index (χ1n) is 6.21. The standard InChI is InChI=1S/C13H20ClNO2S/c14-10-5-2-6-11-15-18(16,17)12-9-13-7-3-1-4-8-13/h1,3-4,7-8,15H,2,5-6,9-12H2. The summed E-state index contributed by atoms with van der Waals surface area (Å²) >= 11 is 5.55. The molecular formula is C13H20ClNO2S. The van der Waals surface area contributed by atoms with Gasteiger partial charge in [-0.05, 0) is 24.8 Å². The van der Waals surface area contributed by atoms with Gasteiger partial charge >= 0.3 is 0 Å². The van der Waals surface area contributed by atoms with E-state index in [0.717, 1.165) is 24.8 Å². The van der Waals surface area contributed by atoms with Gasteiger partial charge in [-0.1, -0.05) is 36.8 Å². The number of nitrogens with one attached hydrogen (secondary N) is 1. The van der Waals surface area contributed by atoms with Crippen molar-refractivity contribution in [1.82, 2.24) is 4.72 Å². The van der Waals surface area contributed by atoms with E-state index in [4.69, 9.17) is 11.6 Å². The van der Waals surface area contributed by atoms with Crippen molar-refractivity contribution in [2.45, 2.75) is 25.7 Å². The van der Waals surface area contributed by atoms with E-state index < -0.39 is 10.0 Å². The van der Waals surface area contributed by atoms with E-state index in [2.05, 4.69) is 4.72 Å². The smallest absolute Gasteiger partial charge is 0.211 e. The SMILES string of the molecule is O=S(=O)(CCc1ccccc1)NCCCCCCl. The second kappa shape index (κ2) is 8.51. The maximum Gasteiger partial charge on any atom is 0.211 e. The van der Waals surface area contributed by atoms with Crippen molar-refractivity contribution in [3.8, 4) is 0 Å². The largest absolute Gasteiger partial charge is 0.215 e. The number of rotatable bonds is 9. The fourth-order valence-electron chi connectivity index (χ4n) is 1.59. The molecule has 0 saturated heterocycles. The van der Waals surface area contributed by atoms with E-state index in [1.807, 2.05) is 30.3 Å². The molecule has 0 radical (unpaired) electrons. The van der Waals surface area contributed by atoms with E-state index in [1.54, 1.807) is 0 Å². The van der Waals surface area contributed by atoms with Crippen LogP contribution in [0.4, 0.5) is 0 Å². The zero-order valence-corrected chi connectivity index (χ0v) is 12.0. The summed E-state index contributed by atoms with van der Waals surface area (Å²) < 4.78 is 26.0. The summed E-state index contributed by atoms with van der Waals surface area (Å²) in [7, 11) is -3.15. The highest BCUT2D eigenvalue weighted by Gasteiger charge is 2.09. The van der Waals surface area contributed by atoms with Gasteiger partial charge in [-0.25, -0.2) is 13.1 Å². The lowest BCUT2D eigenvalue weighted by atomic mass is 10.2. The third-order valence-electron chi connectivity index (χ3n) is 2.63. The molecule has 0 saturated carbocycles. The minimum absolute atomic E-state index is 0.145. The molecule has 1 aromatic rings. The Hall–Kier alpha value is -0.580. The summed E-state index contributed by atoms with van der Waals surface area (Å²) in [6.45, 7) is 0.508. The molecule has 0 fully saturated rings. The number of halogens is 1. The van der Waals surface area contributed by atoms with Gasteiger partial charge in [0.05, 0.1) is 5.75 Å². The second-order valence-electron chi connectivity index (χ2n) is 4.20. The van der Waals surface area contributed by atoms with Gasteiger partial charge in [0.25, 0.3) is 0 Å². The zero-order valence-electron chi connectivity index (χ0n) is 10.4. The Bertz CT molecular complexity index is 420. The molecule has 3 nitrogen and oxygen atoms in total. The Labute approximate surface area is 115 Å². The van der Waals surface area contributed by atoms with Crippen molar-refractivity contribution in [2.24, 2.45) is 0 Å². The zero-order chi connectivity index (χ0) is 13.3. The summed E-state index contributed by atoms with van der Waals surface area (Å²) in [6.07, 6.45) is 3.30. The fraction of sp³-hybridized carbons (Fsp3) is 0.538. The van der Waals surface area contributed by atoms with Gasteiger partial charge in [-0.3, -0.25) is 0 Å². The van der Waals surface area contributed by atoms with Crippen molar-refractivity contribution < 1.29 is 8.42 Å². The van der Waals surface area contributed by atoms with Gasteiger partial charge in [0.15, 0.2) is 0 Å². The van der Waals surface area contributed by atoms with Crippen LogP contribution in [-0.4, -0.2) is 26.6 Å². The lowest BCUT2D eigenvalue weighted by Crippen LogP contribution is -2.28. The van der Waals surface area contributed by atoms with E-state index in [1.165, 1.54) is 0 Å². The molecule has 0 heterocycles. The normalized spacial score (nSPS) is 11.6. The highest BCUT2D eigenvalue weighted by molar-refractivity contribution is 7.89. The Kier molecular flexibility index (Phi) is 7.32. The quantitative estimate of drug-likeness (QED) is 0.561. The van der Waals surface area contributed by atoms with Crippen LogP contribution in [0.25, 0.3) is 0 Å². The van der Waals surface area contributed by atoms with Crippen molar-refractivity contribution >= 4 is 21.6 Å². The monoisotopic (exact) mass is 289 g/mol. The first-order chi connectivity index (χ1) is 8.64. The number of alkyl halides is 1. The molecule has 1 N–H and O–H groups in total. The third kappa shape index (κ3) is 6.99. The lowest BCUT2D eigenvalue weighted by molar-refractivity contribution is 0.575. The van der Waals surface area contributed by atoms with Crippen LogP contribution in [0.2, 0.25) is 0 Å². The predicted molar refractivity (Wildman–Crippen MR) is 76.5 cm³/mol. The number of sulfonamides is 1. The lowest BCUT2D eigenvalue weighted by Gasteiger charge is -2.06. The van der Waals surface area contributed by atoms with E-state index in [0.29, 0.717) is 18.8 Å². The third-order valence-corrected chi connectivity index (χ3v) is 4.29. The Morgan fingerprint density at radius 3 is 2.44 bits per heavy atom. The number of benzene rings is 1. The van der Waals surface area contributed by atoms with Crippen molar-refractivity contribution in [2.75, 3.05) is 18.2 Å². The van der Waals surface area contributed by atoms with Gasteiger partial charge in [0, 0.05) is 12.4 Å². The Balaban J connectivity index is 2.23. The minimum atomic E-state index is -3.15. The summed E-state index contributed by atoms with van der Waals surface area (Å²) in [5.74, 6) is 0.785. The molecule has 0 aliphatic carbocycles. The van der Waals surface area contributed by atoms with Crippen LogP contribution in [0.1, 0.15) is 24.8 Å². The van der Waals surface area contributed by atoms with Gasteiger partial charge in [-0.2, -0.15) is 0 Å². The molecule has 0 aliphatic heterocycles. The number of aryl methyl sites for hydroxylation is 1. The first-order valence-corrected chi connectivity index (χ1v) is 8.40. The van der Waals surface area contributed by atoms with Crippen LogP contribution in [-0.2, 0) is 16.4 Å².